The molecule has 0 heterocycles. The minimum Gasteiger partial charge on any atom is -0.494 e. The minimum absolute atomic E-state index is 0.195. The Labute approximate surface area is 207 Å². The summed E-state index contributed by atoms with van der Waals surface area (Å²) < 4.78 is 11.1. The predicted octanol–water partition coefficient (Wildman–Crippen LogP) is 4.42. The maximum absolute atomic E-state index is 12.0. The zero-order valence-electron chi connectivity index (χ0n) is 20.9. The first-order valence-electron chi connectivity index (χ1n) is 12.1. The number of nitrogens with zero attached hydrogens (tertiary/aromatic N) is 2. The molecule has 2 aromatic rings. The molecular formula is C27H36N4O4. The van der Waals surface area contributed by atoms with Crippen LogP contribution in [-0.2, 0) is 22.4 Å². The van der Waals surface area contributed by atoms with Crippen LogP contribution in [0.4, 0.5) is 0 Å². The molecule has 0 aliphatic carbocycles. The number of rotatable bonds is 15. The summed E-state index contributed by atoms with van der Waals surface area (Å²) in [4.78, 5) is 24.0. The summed E-state index contributed by atoms with van der Waals surface area (Å²) in [5, 5.41) is 7.88. The second-order valence-corrected chi connectivity index (χ2v) is 8.07. The number of hydrogen-bond acceptors (Lipinski definition) is 6. The van der Waals surface area contributed by atoms with E-state index in [1.54, 1.807) is 6.92 Å². The fraction of sp³-hybridized carbons (Fsp3) is 0.407. The molecule has 0 aromatic heterocycles. The molecule has 0 atom stereocenters. The summed E-state index contributed by atoms with van der Waals surface area (Å²) in [6.45, 7) is 7.19. The molecule has 0 saturated heterocycles. The summed E-state index contributed by atoms with van der Waals surface area (Å²) in [6.07, 6.45) is 5.15. The van der Waals surface area contributed by atoms with Gasteiger partial charge in [-0.1, -0.05) is 38.1 Å². The molecule has 0 radical (unpaired) electrons. The van der Waals surface area contributed by atoms with Crippen LogP contribution in [0.15, 0.2) is 58.7 Å². The predicted molar refractivity (Wildman–Crippen MR) is 139 cm³/mol. The summed E-state index contributed by atoms with van der Waals surface area (Å²) >= 11 is 0. The molecule has 8 nitrogen and oxygen atoms in total. The van der Waals surface area contributed by atoms with E-state index in [-0.39, 0.29) is 11.8 Å². The maximum Gasteiger partial charge on any atom is 0.240 e. The van der Waals surface area contributed by atoms with E-state index in [1.165, 1.54) is 6.21 Å². The average molecular weight is 481 g/mol. The van der Waals surface area contributed by atoms with Crippen LogP contribution in [0.5, 0.6) is 11.5 Å². The molecule has 0 spiro atoms. The highest BCUT2D eigenvalue weighted by Gasteiger charge is 2.04. The van der Waals surface area contributed by atoms with Crippen molar-refractivity contribution < 1.29 is 19.1 Å². The Kier molecular flexibility index (Phi) is 12.6. The van der Waals surface area contributed by atoms with Crippen LogP contribution in [0.2, 0.25) is 0 Å². The van der Waals surface area contributed by atoms with E-state index in [9.17, 15) is 9.59 Å². The van der Waals surface area contributed by atoms with E-state index >= 15 is 0 Å². The zero-order valence-corrected chi connectivity index (χ0v) is 20.9. The Morgan fingerprint density at radius 3 is 1.69 bits per heavy atom. The highest BCUT2D eigenvalue weighted by molar-refractivity contribution is 6.29. The first kappa shape index (κ1) is 27.6. The first-order valence-corrected chi connectivity index (χ1v) is 12.1. The van der Waals surface area contributed by atoms with Crippen molar-refractivity contribution in [3.8, 4) is 11.5 Å². The zero-order chi connectivity index (χ0) is 25.3. The Morgan fingerprint density at radius 2 is 1.23 bits per heavy atom. The van der Waals surface area contributed by atoms with E-state index < -0.39 is 0 Å². The molecule has 0 fully saturated rings. The molecule has 0 bridgehead atoms. The third-order valence-electron chi connectivity index (χ3n) is 4.87. The number of aryl methyl sites for hydroxylation is 2. The van der Waals surface area contributed by atoms with Crippen molar-refractivity contribution in [1.29, 1.82) is 0 Å². The molecule has 2 N–H and O–H groups in total. The van der Waals surface area contributed by atoms with Gasteiger partial charge in [0.2, 0.25) is 11.8 Å². The van der Waals surface area contributed by atoms with Gasteiger partial charge in [0.05, 0.1) is 25.1 Å². The number of hydrogen-bond donors (Lipinski definition) is 2. The first-order chi connectivity index (χ1) is 17.0. The number of ether oxygens (including phenoxy) is 2. The largest absolute Gasteiger partial charge is 0.494 e. The lowest BCUT2D eigenvalue weighted by Crippen LogP contribution is -2.21. The average Bonchev–Trinajstić information content (AvgIpc) is 2.88. The van der Waals surface area contributed by atoms with Crippen LogP contribution in [0, 0.1) is 0 Å². The normalized spacial score (nSPS) is 11.3. The van der Waals surface area contributed by atoms with Crippen LogP contribution in [-0.4, -0.2) is 37.0 Å². The SMILES string of the molecule is CCCOc1ccc(CCC(=O)N/N=C/C(C)=N/NC(=O)CCc2ccc(OCCC)cc2)cc1. The van der Waals surface area contributed by atoms with Crippen LogP contribution in [0.3, 0.4) is 0 Å². The van der Waals surface area contributed by atoms with Gasteiger partial charge in [-0.2, -0.15) is 10.2 Å². The molecule has 188 valence electrons. The maximum atomic E-state index is 12.0. The van der Waals surface area contributed by atoms with Gasteiger partial charge in [-0.3, -0.25) is 9.59 Å². The summed E-state index contributed by atoms with van der Waals surface area (Å²) in [5.74, 6) is 1.27. The lowest BCUT2D eigenvalue weighted by Gasteiger charge is -2.06. The smallest absolute Gasteiger partial charge is 0.240 e. The molecule has 35 heavy (non-hydrogen) atoms. The molecule has 0 unspecified atom stereocenters. The van der Waals surface area contributed by atoms with Crippen molar-refractivity contribution in [2.24, 2.45) is 10.2 Å². The standard InChI is InChI=1S/C27H36N4O4/c1-4-18-34-24-12-6-22(7-13-24)10-16-26(32)30-28-20-21(3)29-31-27(33)17-11-23-8-14-25(15-9-23)35-19-5-2/h6-9,12-15,20H,4-5,10-11,16-19H2,1-3H3,(H,30,32)(H,31,33)/b28-20+,29-21+. The van der Waals surface area contributed by atoms with E-state index in [1.807, 2.05) is 48.5 Å². The highest BCUT2D eigenvalue weighted by atomic mass is 16.5. The minimum atomic E-state index is -0.199. The Morgan fingerprint density at radius 1 is 0.771 bits per heavy atom. The van der Waals surface area contributed by atoms with Crippen LogP contribution in [0.1, 0.15) is 57.6 Å². The van der Waals surface area contributed by atoms with Crippen molar-refractivity contribution in [2.75, 3.05) is 13.2 Å². The number of hydrazone groups is 2. The summed E-state index contributed by atoms with van der Waals surface area (Å²) in [7, 11) is 0. The second kappa shape index (κ2) is 16.0. The van der Waals surface area contributed by atoms with E-state index in [0.717, 1.165) is 35.5 Å². The van der Waals surface area contributed by atoms with Crippen molar-refractivity contribution in [3.63, 3.8) is 0 Å². The van der Waals surface area contributed by atoms with E-state index in [2.05, 4.69) is 34.9 Å². The van der Waals surface area contributed by atoms with Gasteiger partial charge in [-0.05, 0) is 68.0 Å². The fourth-order valence-corrected chi connectivity index (χ4v) is 2.95. The van der Waals surface area contributed by atoms with Gasteiger partial charge >= 0.3 is 0 Å². The van der Waals surface area contributed by atoms with E-state index in [0.29, 0.717) is 44.6 Å². The number of benzene rings is 2. The Hall–Kier alpha value is -3.68. The van der Waals surface area contributed by atoms with Crippen molar-refractivity contribution >= 4 is 23.7 Å². The summed E-state index contributed by atoms with van der Waals surface area (Å²) in [6, 6.07) is 15.5. The lowest BCUT2D eigenvalue weighted by atomic mass is 10.1. The number of nitrogens with one attached hydrogen (secondary N) is 2. The Balaban J connectivity index is 1.64. The summed E-state index contributed by atoms with van der Waals surface area (Å²) in [5.41, 5.74) is 7.55. The van der Waals surface area contributed by atoms with Gasteiger partial charge in [-0.15, -0.1) is 0 Å². The van der Waals surface area contributed by atoms with Crippen molar-refractivity contribution in [3.05, 3.63) is 59.7 Å². The number of carbonyl (C=O) groups excluding carboxylic acids is 2. The van der Waals surface area contributed by atoms with Gasteiger partial charge in [0.25, 0.3) is 0 Å². The molecule has 0 aliphatic heterocycles. The molecule has 8 heteroatoms. The van der Waals surface area contributed by atoms with Gasteiger partial charge in [0.15, 0.2) is 0 Å². The molecule has 2 amide bonds. The van der Waals surface area contributed by atoms with Crippen molar-refractivity contribution in [2.45, 2.75) is 59.3 Å². The molecule has 2 rings (SSSR count). The van der Waals surface area contributed by atoms with Crippen LogP contribution >= 0.6 is 0 Å². The molecule has 2 aromatic carbocycles. The number of carbonyl (C=O) groups is 2. The van der Waals surface area contributed by atoms with Gasteiger partial charge < -0.3 is 9.47 Å². The second-order valence-electron chi connectivity index (χ2n) is 8.07. The van der Waals surface area contributed by atoms with Gasteiger partial charge in [0, 0.05) is 12.8 Å². The lowest BCUT2D eigenvalue weighted by molar-refractivity contribution is -0.121. The van der Waals surface area contributed by atoms with Gasteiger partial charge in [-0.25, -0.2) is 10.9 Å². The third kappa shape index (κ3) is 11.8. The monoisotopic (exact) mass is 480 g/mol. The van der Waals surface area contributed by atoms with Crippen LogP contribution in [0.25, 0.3) is 0 Å². The van der Waals surface area contributed by atoms with Crippen LogP contribution < -0.4 is 20.3 Å². The fourth-order valence-electron chi connectivity index (χ4n) is 2.95. The molecule has 0 aliphatic rings. The highest BCUT2D eigenvalue weighted by Crippen LogP contribution is 2.14. The molecule has 0 saturated carbocycles. The Bertz CT molecular complexity index is 970. The van der Waals surface area contributed by atoms with Crippen molar-refractivity contribution in [1.82, 2.24) is 10.9 Å². The van der Waals surface area contributed by atoms with E-state index in [4.69, 9.17) is 9.47 Å². The van der Waals surface area contributed by atoms with Gasteiger partial charge in [0.1, 0.15) is 11.5 Å². The molecular weight excluding hydrogens is 444 g/mol. The third-order valence-corrected chi connectivity index (χ3v) is 4.87. The number of amides is 2. The topological polar surface area (TPSA) is 101 Å². The quantitative estimate of drug-likeness (QED) is 0.291.